The first-order valence-electron chi connectivity index (χ1n) is 9.86. The molecule has 29 heavy (non-hydrogen) atoms. The molecule has 0 aliphatic carbocycles. The fourth-order valence-corrected chi connectivity index (χ4v) is 3.34. The van der Waals surface area contributed by atoms with E-state index in [2.05, 4.69) is 35.8 Å². The van der Waals surface area contributed by atoms with E-state index >= 15 is 0 Å². The predicted molar refractivity (Wildman–Crippen MR) is 113 cm³/mol. The van der Waals surface area contributed by atoms with Crippen molar-refractivity contribution in [1.82, 2.24) is 4.57 Å². The summed E-state index contributed by atoms with van der Waals surface area (Å²) in [7, 11) is 0. The summed E-state index contributed by atoms with van der Waals surface area (Å²) < 4.78 is 13.4. The molecule has 0 aliphatic rings. The number of nitrogens with zero attached hydrogens (tertiary/aromatic N) is 1. The van der Waals surface area contributed by atoms with Crippen molar-refractivity contribution in [2.24, 2.45) is 0 Å². The number of rotatable bonds is 10. The van der Waals surface area contributed by atoms with Gasteiger partial charge in [-0.05, 0) is 49.2 Å². The molecule has 0 spiro atoms. The van der Waals surface area contributed by atoms with Crippen molar-refractivity contribution < 1.29 is 19.4 Å². The van der Waals surface area contributed by atoms with E-state index in [0.29, 0.717) is 19.6 Å². The van der Waals surface area contributed by atoms with Crippen LogP contribution in [0.1, 0.15) is 18.2 Å². The van der Waals surface area contributed by atoms with Crippen LogP contribution in [-0.2, 0) is 22.5 Å². The standard InChI is InChI=1S/C24H27NO4/c1-3-28-23(24(26)27)17-19-10-12-21(13-11-19)29-16-15-25-18(2)9-14-22(25)20-7-5-4-6-8-20/h4-14,23H,3,15-17H2,1-2H3,(H,26,27)/t23-/m0/s1. The van der Waals surface area contributed by atoms with Gasteiger partial charge in [-0.1, -0.05) is 42.5 Å². The molecule has 0 aliphatic heterocycles. The topological polar surface area (TPSA) is 60.7 Å². The van der Waals surface area contributed by atoms with Gasteiger partial charge in [0.15, 0.2) is 6.10 Å². The lowest BCUT2D eigenvalue weighted by Gasteiger charge is -2.14. The van der Waals surface area contributed by atoms with Gasteiger partial charge in [0.05, 0.1) is 6.54 Å². The minimum absolute atomic E-state index is 0.340. The van der Waals surface area contributed by atoms with E-state index < -0.39 is 12.1 Å². The molecule has 0 unspecified atom stereocenters. The van der Waals surface area contributed by atoms with Gasteiger partial charge < -0.3 is 19.1 Å². The summed E-state index contributed by atoms with van der Waals surface area (Å²) in [6, 6.07) is 22.1. The Morgan fingerprint density at radius 1 is 1.03 bits per heavy atom. The van der Waals surface area contributed by atoms with Crippen LogP contribution in [0, 0.1) is 6.92 Å². The van der Waals surface area contributed by atoms with E-state index in [1.165, 1.54) is 17.0 Å². The molecule has 1 heterocycles. The summed E-state index contributed by atoms with van der Waals surface area (Å²) in [5, 5.41) is 9.20. The van der Waals surface area contributed by atoms with Gasteiger partial charge in [0, 0.05) is 24.4 Å². The van der Waals surface area contributed by atoms with Gasteiger partial charge >= 0.3 is 5.97 Å². The van der Waals surface area contributed by atoms with E-state index in [0.717, 1.165) is 17.9 Å². The van der Waals surface area contributed by atoms with Gasteiger partial charge in [-0.25, -0.2) is 4.79 Å². The molecule has 1 atom stereocenters. The summed E-state index contributed by atoms with van der Waals surface area (Å²) in [5.41, 5.74) is 4.47. The Bertz CT molecular complexity index is 916. The lowest BCUT2D eigenvalue weighted by molar-refractivity contribution is -0.149. The molecule has 152 valence electrons. The first-order chi connectivity index (χ1) is 14.1. The van der Waals surface area contributed by atoms with Crippen LogP contribution in [-0.4, -0.2) is 35.0 Å². The van der Waals surface area contributed by atoms with Gasteiger partial charge in [-0.3, -0.25) is 0 Å². The number of aliphatic carboxylic acids is 1. The smallest absolute Gasteiger partial charge is 0.333 e. The first-order valence-corrected chi connectivity index (χ1v) is 9.86. The molecule has 3 aromatic rings. The zero-order valence-corrected chi connectivity index (χ0v) is 16.9. The molecule has 2 aromatic carbocycles. The third-order valence-corrected chi connectivity index (χ3v) is 4.84. The van der Waals surface area contributed by atoms with Crippen LogP contribution in [0.15, 0.2) is 66.7 Å². The molecule has 5 heteroatoms. The maximum absolute atomic E-state index is 11.2. The third-order valence-electron chi connectivity index (χ3n) is 4.84. The number of hydrogen-bond acceptors (Lipinski definition) is 3. The van der Waals surface area contributed by atoms with E-state index in [-0.39, 0.29) is 0 Å². The van der Waals surface area contributed by atoms with Gasteiger partial charge in [0.2, 0.25) is 0 Å². The molecule has 1 aromatic heterocycles. The van der Waals surface area contributed by atoms with Crippen molar-refractivity contribution in [1.29, 1.82) is 0 Å². The van der Waals surface area contributed by atoms with Crippen LogP contribution in [0.2, 0.25) is 0 Å². The molecular formula is C24H27NO4. The molecule has 3 rings (SSSR count). The number of aryl methyl sites for hydroxylation is 1. The van der Waals surface area contributed by atoms with E-state index in [1.54, 1.807) is 6.92 Å². The maximum atomic E-state index is 11.2. The lowest BCUT2D eigenvalue weighted by Crippen LogP contribution is -2.26. The number of carboxylic acid groups (broad SMARTS) is 1. The SMILES string of the molecule is CCO[C@@H](Cc1ccc(OCCn2c(C)ccc2-c2ccccc2)cc1)C(=O)O. The number of aromatic nitrogens is 1. The summed E-state index contributed by atoms with van der Waals surface area (Å²) in [4.78, 5) is 11.2. The second-order valence-electron chi connectivity index (χ2n) is 6.86. The largest absolute Gasteiger partial charge is 0.492 e. The summed E-state index contributed by atoms with van der Waals surface area (Å²) in [6.45, 7) is 5.56. The predicted octanol–water partition coefficient (Wildman–Crippen LogP) is 4.57. The second-order valence-corrected chi connectivity index (χ2v) is 6.86. The number of carboxylic acids is 1. The minimum atomic E-state index is -0.941. The van der Waals surface area contributed by atoms with Gasteiger partial charge in [0.25, 0.3) is 0 Å². The molecule has 0 saturated heterocycles. The fraction of sp³-hybridized carbons (Fsp3) is 0.292. The van der Waals surface area contributed by atoms with Crippen molar-refractivity contribution in [3.63, 3.8) is 0 Å². The quantitative estimate of drug-likeness (QED) is 0.548. The van der Waals surface area contributed by atoms with Crippen LogP contribution >= 0.6 is 0 Å². The molecule has 0 amide bonds. The molecule has 1 N–H and O–H groups in total. The summed E-state index contributed by atoms with van der Waals surface area (Å²) in [5.74, 6) is -0.174. The average molecular weight is 393 g/mol. The highest BCUT2D eigenvalue weighted by Crippen LogP contribution is 2.22. The van der Waals surface area contributed by atoms with Crippen LogP contribution in [0.25, 0.3) is 11.3 Å². The van der Waals surface area contributed by atoms with Gasteiger partial charge in [-0.15, -0.1) is 0 Å². The molecular weight excluding hydrogens is 366 g/mol. The average Bonchev–Trinajstić information content (AvgIpc) is 3.10. The number of carbonyl (C=O) groups is 1. The Kier molecular flexibility index (Phi) is 7.09. The van der Waals surface area contributed by atoms with Gasteiger partial charge in [-0.2, -0.15) is 0 Å². The van der Waals surface area contributed by atoms with Crippen LogP contribution in [0.5, 0.6) is 5.75 Å². The molecule has 0 radical (unpaired) electrons. The Morgan fingerprint density at radius 3 is 2.41 bits per heavy atom. The minimum Gasteiger partial charge on any atom is -0.492 e. The highest BCUT2D eigenvalue weighted by molar-refractivity contribution is 5.72. The Balaban J connectivity index is 1.58. The molecule has 0 saturated carbocycles. The molecule has 0 fully saturated rings. The Morgan fingerprint density at radius 2 is 1.76 bits per heavy atom. The number of benzene rings is 2. The molecule has 0 bridgehead atoms. The van der Waals surface area contributed by atoms with Crippen molar-refractivity contribution in [3.8, 4) is 17.0 Å². The Labute approximate surface area is 171 Å². The third kappa shape index (κ3) is 5.48. The van der Waals surface area contributed by atoms with Gasteiger partial charge in [0.1, 0.15) is 12.4 Å². The maximum Gasteiger partial charge on any atom is 0.333 e. The summed E-state index contributed by atoms with van der Waals surface area (Å²) in [6.07, 6.45) is -0.480. The second kappa shape index (κ2) is 9.94. The van der Waals surface area contributed by atoms with Crippen molar-refractivity contribution in [3.05, 3.63) is 78.0 Å². The fourth-order valence-electron chi connectivity index (χ4n) is 3.34. The van der Waals surface area contributed by atoms with Crippen LogP contribution in [0.4, 0.5) is 0 Å². The normalized spacial score (nSPS) is 11.9. The van der Waals surface area contributed by atoms with E-state index in [9.17, 15) is 9.90 Å². The highest BCUT2D eigenvalue weighted by Gasteiger charge is 2.17. The molecule has 5 nitrogen and oxygen atoms in total. The lowest BCUT2D eigenvalue weighted by atomic mass is 10.1. The number of ether oxygens (including phenoxy) is 2. The monoisotopic (exact) mass is 393 g/mol. The van der Waals surface area contributed by atoms with Crippen molar-refractivity contribution >= 4 is 5.97 Å². The van der Waals surface area contributed by atoms with Crippen LogP contribution < -0.4 is 4.74 Å². The first kappa shape index (κ1) is 20.7. The van der Waals surface area contributed by atoms with Crippen molar-refractivity contribution in [2.75, 3.05) is 13.2 Å². The zero-order chi connectivity index (χ0) is 20.6. The zero-order valence-electron chi connectivity index (χ0n) is 16.9. The Hall–Kier alpha value is -3.05. The number of hydrogen-bond donors (Lipinski definition) is 1. The van der Waals surface area contributed by atoms with Crippen LogP contribution in [0.3, 0.4) is 0 Å². The summed E-state index contributed by atoms with van der Waals surface area (Å²) >= 11 is 0. The van der Waals surface area contributed by atoms with Crippen molar-refractivity contribution in [2.45, 2.75) is 32.9 Å². The van der Waals surface area contributed by atoms with E-state index in [1.807, 2.05) is 42.5 Å². The highest BCUT2D eigenvalue weighted by atomic mass is 16.5. The van der Waals surface area contributed by atoms with E-state index in [4.69, 9.17) is 9.47 Å².